The quantitative estimate of drug-likeness (QED) is 0.830. The smallest absolute Gasteiger partial charge is 0.474 e. The lowest BCUT2D eigenvalue weighted by molar-refractivity contribution is 0.0693. The summed E-state index contributed by atoms with van der Waals surface area (Å²) in [5.74, 6) is -1.28. The summed E-state index contributed by atoms with van der Waals surface area (Å²) in [5.41, 5.74) is 1.88. The van der Waals surface area contributed by atoms with Crippen LogP contribution >= 0.6 is 0 Å². The van der Waals surface area contributed by atoms with E-state index in [2.05, 4.69) is 14.9 Å². The predicted molar refractivity (Wildman–Crippen MR) is 99.7 cm³/mol. The zero-order valence-electron chi connectivity index (χ0n) is 15.0. The second-order valence-corrected chi connectivity index (χ2v) is 7.02. The first-order valence-electron chi connectivity index (χ1n) is 9.10. The first-order valence-corrected chi connectivity index (χ1v) is 9.10. The molecule has 0 amide bonds. The Hall–Kier alpha value is -2.42. The molecular formula is C18H20BF2N3O3. The second-order valence-electron chi connectivity index (χ2n) is 7.02. The number of halogens is 2. The molecule has 2 heterocycles. The van der Waals surface area contributed by atoms with Crippen molar-refractivity contribution in [2.45, 2.75) is 25.8 Å². The van der Waals surface area contributed by atoms with E-state index in [1.807, 2.05) is 17.6 Å². The Morgan fingerprint density at radius 2 is 1.96 bits per heavy atom. The number of pyridine rings is 1. The molecule has 0 unspecified atom stereocenters. The fraction of sp³-hybridized carbons (Fsp3) is 0.444. The minimum atomic E-state index is -3.25. The first-order chi connectivity index (χ1) is 13.0. The number of fused-ring (bicyclic) bond motifs is 1. The minimum absolute atomic E-state index is 0.170. The Kier molecular flexibility index (Phi) is 4.63. The van der Waals surface area contributed by atoms with Gasteiger partial charge in [-0.05, 0) is 37.5 Å². The van der Waals surface area contributed by atoms with Crippen LogP contribution in [0.5, 0.6) is 0 Å². The molecule has 4 rings (SSSR count). The molecule has 1 N–H and O–H groups in total. The second kappa shape index (κ2) is 6.96. The molecule has 9 heteroatoms. The number of aromatic nitrogens is 1. The number of hydrogen-bond acceptors (Lipinski definition) is 5. The average Bonchev–Trinajstić information content (AvgIpc) is 3.48. The van der Waals surface area contributed by atoms with Crippen LogP contribution in [0.25, 0.3) is 10.9 Å². The molecule has 1 saturated carbocycles. The highest BCUT2D eigenvalue weighted by molar-refractivity contribution is 6.38. The monoisotopic (exact) mass is 375 g/mol. The fourth-order valence-corrected chi connectivity index (χ4v) is 3.79. The fourth-order valence-electron chi connectivity index (χ4n) is 3.79. The number of hydrogen-bond donors (Lipinski definition) is 1. The predicted octanol–water partition coefficient (Wildman–Crippen LogP) is 2.14. The topological polar surface area (TPSA) is 63.6 Å². The number of nitrogens with one attached hydrogen (secondary N) is 1. The van der Waals surface area contributed by atoms with E-state index in [0.29, 0.717) is 5.39 Å². The number of rotatable bonds is 4. The summed E-state index contributed by atoms with van der Waals surface area (Å²) in [6.07, 6.45) is 3.25. The van der Waals surface area contributed by atoms with Crippen molar-refractivity contribution < 1.29 is 18.1 Å². The van der Waals surface area contributed by atoms with Gasteiger partial charge in [-0.1, -0.05) is 0 Å². The molecule has 2 aliphatic rings. The molecule has 1 aromatic carbocycles. The summed E-state index contributed by atoms with van der Waals surface area (Å²) in [5, 5.41) is 3.68. The molecule has 1 aliphatic heterocycles. The molecule has 1 aromatic heterocycles. The van der Waals surface area contributed by atoms with Gasteiger partial charge in [-0.2, -0.15) is 0 Å². The Balaban J connectivity index is 1.88. The van der Waals surface area contributed by atoms with E-state index >= 15 is 0 Å². The number of anilines is 1. The Labute approximate surface area is 155 Å². The van der Waals surface area contributed by atoms with Gasteiger partial charge in [-0.3, -0.25) is 4.79 Å². The highest BCUT2D eigenvalue weighted by atomic mass is 19.2. The van der Waals surface area contributed by atoms with Gasteiger partial charge in [0.05, 0.1) is 5.52 Å². The van der Waals surface area contributed by atoms with Crippen LogP contribution in [-0.2, 0) is 4.65 Å². The average molecular weight is 375 g/mol. The molecular weight excluding hydrogens is 355 g/mol. The minimum Gasteiger partial charge on any atom is -0.474 e. The van der Waals surface area contributed by atoms with Crippen molar-refractivity contribution in [1.29, 1.82) is 0 Å². The van der Waals surface area contributed by atoms with Crippen LogP contribution < -0.4 is 15.6 Å². The molecule has 1 saturated heterocycles. The number of benzene rings is 1. The molecule has 1 aliphatic carbocycles. The summed E-state index contributed by atoms with van der Waals surface area (Å²) < 4.78 is 30.8. The maximum Gasteiger partial charge on any atom is 0.798 e. The van der Waals surface area contributed by atoms with E-state index in [4.69, 9.17) is 0 Å². The van der Waals surface area contributed by atoms with E-state index in [9.17, 15) is 18.2 Å². The zero-order chi connectivity index (χ0) is 19.1. The van der Waals surface area contributed by atoms with Gasteiger partial charge in [0.15, 0.2) is 0 Å². The van der Waals surface area contributed by atoms with Crippen molar-refractivity contribution >= 4 is 30.0 Å². The van der Waals surface area contributed by atoms with Crippen molar-refractivity contribution in [3.63, 3.8) is 0 Å². The molecule has 0 atom stereocenters. The molecule has 142 valence electrons. The van der Waals surface area contributed by atoms with Crippen molar-refractivity contribution in [2.75, 3.05) is 31.1 Å². The van der Waals surface area contributed by atoms with E-state index in [1.165, 1.54) is 6.20 Å². The van der Waals surface area contributed by atoms with E-state index in [0.717, 1.165) is 55.8 Å². The third kappa shape index (κ3) is 3.31. The van der Waals surface area contributed by atoms with Crippen LogP contribution in [0.1, 0.15) is 34.8 Å². The molecule has 2 aromatic rings. The van der Waals surface area contributed by atoms with E-state index in [1.54, 1.807) is 6.07 Å². The molecule has 0 spiro atoms. The van der Waals surface area contributed by atoms with Crippen molar-refractivity contribution in [2.24, 2.45) is 0 Å². The van der Waals surface area contributed by atoms with Crippen LogP contribution in [0, 0.1) is 6.92 Å². The van der Waals surface area contributed by atoms with Crippen molar-refractivity contribution in [3.05, 3.63) is 39.7 Å². The van der Waals surface area contributed by atoms with Gasteiger partial charge in [0.25, 0.3) is 0 Å². The number of carbonyl (C=O) groups excluding carboxylic acids is 1. The van der Waals surface area contributed by atoms with Crippen molar-refractivity contribution in [3.8, 4) is 0 Å². The summed E-state index contributed by atoms with van der Waals surface area (Å²) in [6.45, 7) is 5.50. The SMILES string of the molecule is Cc1c(N2CCNCC2)ccc2c(=O)c(C(=O)OB(F)F)cn(C3CC3)c12. The lowest BCUT2D eigenvalue weighted by Gasteiger charge is -2.31. The van der Waals surface area contributed by atoms with Gasteiger partial charge in [0, 0.05) is 49.5 Å². The largest absolute Gasteiger partial charge is 0.798 e. The highest BCUT2D eigenvalue weighted by Gasteiger charge is 2.30. The van der Waals surface area contributed by atoms with Crippen LogP contribution in [0.4, 0.5) is 14.3 Å². The van der Waals surface area contributed by atoms with Gasteiger partial charge in [-0.25, -0.2) is 13.4 Å². The summed E-state index contributed by atoms with van der Waals surface area (Å²) >= 11 is 0. The van der Waals surface area contributed by atoms with E-state index < -0.39 is 18.9 Å². The Morgan fingerprint density at radius 3 is 2.59 bits per heavy atom. The van der Waals surface area contributed by atoms with Crippen LogP contribution in [0.3, 0.4) is 0 Å². The van der Waals surface area contributed by atoms with E-state index in [-0.39, 0.29) is 11.6 Å². The number of piperazine rings is 1. The summed E-state index contributed by atoms with van der Waals surface area (Å²) in [6, 6.07) is 3.74. The highest BCUT2D eigenvalue weighted by Crippen LogP contribution is 2.39. The van der Waals surface area contributed by atoms with Gasteiger partial charge in [-0.15, -0.1) is 0 Å². The van der Waals surface area contributed by atoms with Crippen molar-refractivity contribution in [1.82, 2.24) is 9.88 Å². The van der Waals surface area contributed by atoms with Crippen LogP contribution in [-0.4, -0.2) is 44.2 Å². The Bertz CT molecular complexity index is 953. The van der Waals surface area contributed by atoms with Gasteiger partial charge >= 0.3 is 13.4 Å². The normalized spacial score (nSPS) is 17.2. The Morgan fingerprint density at radius 1 is 1.26 bits per heavy atom. The molecule has 6 nitrogen and oxygen atoms in total. The summed E-state index contributed by atoms with van der Waals surface area (Å²) in [7, 11) is -3.25. The van der Waals surface area contributed by atoms with Gasteiger partial charge in [0.1, 0.15) is 5.56 Å². The van der Waals surface area contributed by atoms with Gasteiger partial charge in [0.2, 0.25) is 5.43 Å². The lowest BCUT2D eigenvalue weighted by Crippen LogP contribution is -2.43. The molecule has 0 bridgehead atoms. The number of carbonyl (C=O) groups is 1. The van der Waals surface area contributed by atoms with Crippen LogP contribution in [0.15, 0.2) is 23.1 Å². The number of nitrogens with zero attached hydrogens (tertiary/aromatic N) is 2. The van der Waals surface area contributed by atoms with Gasteiger partial charge < -0.3 is 19.4 Å². The summed E-state index contributed by atoms with van der Waals surface area (Å²) in [4.78, 5) is 27.1. The third-order valence-corrected chi connectivity index (χ3v) is 5.23. The lowest BCUT2D eigenvalue weighted by atomic mass is 10.0. The van der Waals surface area contributed by atoms with Crippen LogP contribution in [0.2, 0.25) is 0 Å². The number of aryl methyl sites for hydroxylation is 1. The standard InChI is InChI=1S/C18H20BF2N3O3/c1-11-15(23-8-6-22-7-9-23)5-4-13-16(11)24(12-2-3-12)10-14(17(13)25)18(26)27-19(20)21/h4-5,10,12,22H,2-3,6-9H2,1H3. The maximum absolute atomic E-state index is 12.8. The maximum atomic E-state index is 12.8. The third-order valence-electron chi connectivity index (χ3n) is 5.23. The molecule has 2 fully saturated rings. The molecule has 0 radical (unpaired) electrons. The molecule has 27 heavy (non-hydrogen) atoms. The zero-order valence-corrected chi connectivity index (χ0v) is 15.0. The first kappa shape index (κ1) is 18.0.